The summed E-state index contributed by atoms with van der Waals surface area (Å²) >= 11 is 2.01. The molecule has 3 aromatic rings. The molecule has 2 amide bonds. The number of fused-ring (bicyclic) bond motifs is 3. The van der Waals surface area contributed by atoms with Crippen molar-refractivity contribution in [1.29, 1.82) is 0 Å². The van der Waals surface area contributed by atoms with Gasteiger partial charge in [-0.3, -0.25) is 4.79 Å². The van der Waals surface area contributed by atoms with Gasteiger partial charge in [-0.1, -0.05) is 48.5 Å². The molecule has 7 nitrogen and oxygen atoms in total. The highest BCUT2D eigenvalue weighted by Gasteiger charge is 2.28. The summed E-state index contributed by atoms with van der Waals surface area (Å²) in [7, 11) is 0. The highest BCUT2D eigenvalue weighted by molar-refractivity contribution is 14.1. The fourth-order valence-corrected chi connectivity index (χ4v) is 4.60. The second-order valence-corrected chi connectivity index (χ2v) is 9.14. The van der Waals surface area contributed by atoms with Crippen molar-refractivity contribution in [2.24, 2.45) is 0 Å². The normalized spacial score (nSPS) is 11.9. The maximum atomic E-state index is 12.2. The predicted octanol–water partition coefficient (Wildman–Crippen LogP) is 5.25. The largest absolute Gasteiger partial charge is 0.478 e. The smallest absolute Gasteiger partial charge is 0.407 e. The van der Waals surface area contributed by atoms with Crippen LogP contribution in [0, 0.1) is 3.57 Å². The summed E-state index contributed by atoms with van der Waals surface area (Å²) in [6.07, 6.45) is -0.00890. The summed E-state index contributed by atoms with van der Waals surface area (Å²) in [5.41, 5.74) is 4.91. The van der Waals surface area contributed by atoms with E-state index in [1.165, 1.54) is 6.07 Å². The van der Waals surface area contributed by atoms with E-state index >= 15 is 0 Å². The van der Waals surface area contributed by atoms with Crippen LogP contribution in [0.5, 0.6) is 0 Å². The molecule has 8 heteroatoms. The predicted molar refractivity (Wildman–Crippen MR) is 137 cm³/mol. The fraction of sp³-hybridized carbons (Fsp3) is 0.192. The Labute approximate surface area is 210 Å². The van der Waals surface area contributed by atoms with Gasteiger partial charge in [0.05, 0.1) is 11.3 Å². The van der Waals surface area contributed by atoms with Gasteiger partial charge < -0.3 is 20.5 Å². The Balaban J connectivity index is 1.23. The topological polar surface area (TPSA) is 105 Å². The number of hydrogen-bond donors (Lipinski definition) is 3. The van der Waals surface area contributed by atoms with Gasteiger partial charge in [0.15, 0.2) is 0 Å². The molecule has 0 atom stereocenters. The molecule has 3 aromatic carbocycles. The molecule has 1 aliphatic carbocycles. The quantitative estimate of drug-likeness (QED) is 0.254. The van der Waals surface area contributed by atoms with Crippen LogP contribution in [0.2, 0.25) is 0 Å². The Kier molecular flexibility index (Phi) is 7.46. The number of halogens is 1. The zero-order valence-electron chi connectivity index (χ0n) is 18.2. The minimum Gasteiger partial charge on any atom is -0.478 e. The number of aromatic carboxylic acids is 1. The molecule has 4 rings (SSSR count). The number of carboxylic acids is 1. The van der Waals surface area contributed by atoms with Crippen molar-refractivity contribution in [3.8, 4) is 11.1 Å². The van der Waals surface area contributed by atoms with Crippen molar-refractivity contribution in [2.75, 3.05) is 18.5 Å². The van der Waals surface area contributed by atoms with Gasteiger partial charge in [0.1, 0.15) is 6.61 Å². The number of hydrogen-bond acceptors (Lipinski definition) is 4. The first kappa shape index (κ1) is 23.7. The van der Waals surface area contributed by atoms with Gasteiger partial charge in [-0.05, 0) is 69.5 Å². The number of ether oxygens (including phenoxy) is 1. The van der Waals surface area contributed by atoms with Gasteiger partial charge in [-0.15, -0.1) is 0 Å². The fourth-order valence-electron chi connectivity index (χ4n) is 4.10. The van der Waals surface area contributed by atoms with E-state index in [9.17, 15) is 19.5 Å². The summed E-state index contributed by atoms with van der Waals surface area (Å²) < 4.78 is 6.24. The van der Waals surface area contributed by atoms with Gasteiger partial charge in [-0.25, -0.2) is 9.59 Å². The molecule has 0 radical (unpaired) electrons. The Bertz CT molecular complexity index is 1200. The maximum absolute atomic E-state index is 12.2. The van der Waals surface area contributed by atoms with Gasteiger partial charge in [0, 0.05) is 22.5 Å². The molecule has 0 bridgehead atoms. The SMILES string of the molecule is O=C(CCCNC(=O)OCC1c2ccccc2-c2ccccc21)Nc1ccc(I)cc1C(=O)O. The van der Waals surface area contributed by atoms with Crippen LogP contribution in [-0.2, 0) is 9.53 Å². The third-order valence-electron chi connectivity index (χ3n) is 5.68. The first-order chi connectivity index (χ1) is 16.4. The molecule has 174 valence electrons. The molecule has 0 unspecified atom stereocenters. The van der Waals surface area contributed by atoms with Crippen LogP contribution >= 0.6 is 22.6 Å². The van der Waals surface area contributed by atoms with Crippen molar-refractivity contribution in [2.45, 2.75) is 18.8 Å². The Morgan fingerprint density at radius 1 is 0.941 bits per heavy atom. The Morgan fingerprint density at radius 2 is 1.59 bits per heavy atom. The van der Waals surface area contributed by atoms with Crippen molar-refractivity contribution < 1.29 is 24.2 Å². The average molecular weight is 570 g/mol. The van der Waals surface area contributed by atoms with Crippen molar-refractivity contribution in [1.82, 2.24) is 5.32 Å². The molecule has 0 spiro atoms. The third kappa shape index (κ3) is 5.39. The molecule has 0 fully saturated rings. The van der Waals surface area contributed by atoms with Gasteiger partial charge in [-0.2, -0.15) is 0 Å². The van der Waals surface area contributed by atoms with E-state index in [4.69, 9.17) is 4.74 Å². The van der Waals surface area contributed by atoms with E-state index in [0.717, 1.165) is 25.8 Å². The van der Waals surface area contributed by atoms with Gasteiger partial charge in [0.2, 0.25) is 5.91 Å². The minimum atomic E-state index is -1.11. The van der Waals surface area contributed by atoms with Gasteiger partial charge >= 0.3 is 12.1 Å². The first-order valence-corrected chi connectivity index (χ1v) is 11.9. The number of carboxylic acid groups (broad SMARTS) is 1. The molecule has 0 aromatic heterocycles. The lowest BCUT2D eigenvalue weighted by molar-refractivity contribution is -0.116. The van der Waals surface area contributed by atoms with Crippen LogP contribution in [0.3, 0.4) is 0 Å². The number of amides is 2. The van der Waals surface area contributed by atoms with E-state index in [1.807, 2.05) is 46.9 Å². The molecule has 0 saturated carbocycles. The molecule has 0 heterocycles. The number of carbonyl (C=O) groups excluding carboxylic acids is 2. The molecule has 34 heavy (non-hydrogen) atoms. The van der Waals surface area contributed by atoms with E-state index in [0.29, 0.717) is 6.42 Å². The van der Waals surface area contributed by atoms with Crippen LogP contribution < -0.4 is 10.6 Å². The van der Waals surface area contributed by atoms with Crippen LogP contribution in [0.1, 0.15) is 40.2 Å². The lowest BCUT2D eigenvalue weighted by atomic mass is 9.98. The second kappa shape index (κ2) is 10.7. The van der Waals surface area contributed by atoms with E-state index in [2.05, 4.69) is 34.9 Å². The molecule has 0 saturated heterocycles. The monoisotopic (exact) mass is 570 g/mol. The van der Waals surface area contributed by atoms with Crippen LogP contribution in [0.4, 0.5) is 10.5 Å². The number of nitrogens with one attached hydrogen (secondary N) is 2. The number of benzene rings is 3. The summed E-state index contributed by atoms with van der Waals surface area (Å²) in [5.74, 6) is -1.44. The van der Waals surface area contributed by atoms with Crippen LogP contribution in [0.25, 0.3) is 11.1 Å². The maximum Gasteiger partial charge on any atom is 0.407 e. The summed E-state index contributed by atoms with van der Waals surface area (Å²) in [6.45, 7) is 0.494. The Morgan fingerprint density at radius 3 is 2.24 bits per heavy atom. The molecule has 1 aliphatic rings. The van der Waals surface area contributed by atoms with E-state index in [1.54, 1.807) is 12.1 Å². The van der Waals surface area contributed by atoms with Crippen LogP contribution in [-0.4, -0.2) is 36.2 Å². The summed E-state index contributed by atoms with van der Waals surface area (Å²) in [4.78, 5) is 35.8. The molecule has 3 N–H and O–H groups in total. The standard InChI is InChI=1S/C26H23IN2O5/c27-16-11-12-23(21(14-16)25(31)32)29-24(30)10-5-13-28-26(33)34-15-22-19-8-3-1-6-17(19)18-7-2-4-9-20(18)22/h1-4,6-9,11-12,14,22H,5,10,13,15H2,(H,28,33)(H,29,30)(H,31,32). The molecular formula is C26H23IN2O5. The molecule has 0 aliphatic heterocycles. The highest BCUT2D eigenvalue weighted by atomic mass is 127. The van der Waals surface area contributed by atoms with Crippen molar-refractivity contribution in [3.63, 3.8) is 0 Å². The Hall–Kier alpha value is -3.40. The van der Waals surface area contributed by atoms with Crippen molar-refractivity contribution in [3.05, 3.63) is 87.0 Å². The number of rotatable bonds is 8. The zero-order valence-corrected chi connectivity index (χ0v) is 20.4. The van der Waals surface area contributed by atoms with Crippen molar-refractivity contribution >= 4 is 46.2 Å². The second-order valence-electron chi connectivity index (χ2n) is 7.90. The average Bonchev–Trinajstić information content (AvgIpc) is 3.15. The third-order valence-corrected chi connectivity index (χ3v) is 6.35. The van der Waals surface area contributed by atoms with E-state index < -0.39 is 12.1 Å². The first-order valence-electron chi connectivity index (χ1n) is 10.9. The number of anilines is 1. The lowest BCUT2D eigenvalue weighted by Crippen LogP contribution is -2.27. The number of alkyl carbamates (subject to hydrolysis) is 1. The van der Waals surface area contributed by atoms with Crippen LogP contribution in [0.15, 0.2) is 66.7 Å². The zero-order chi connectivity index (χ0) is 24.1. The lowest BCUT2D eigenvalue weighted by Gasteiger charge is -2.14. The van der Waals surface area contributed by atoms with Gasteiger partial charge in [0.25, 0.3) is 0 Å². The number of carbonyl (C=O) groups is 3. The summed E-state index contributed by atoms with van der Waals surface area (Å²) in [6, 6.07) is 21.0. The summed E-state index contributed by atoms with van der Waals surface area (Å²) in [5, 5.41) is 14.6. The minimum absolute atomic E-state index is 0.0127. The van der Waals surface area contributed by atoms with E-state index in [-0.39, 0.29) is 42.6 Å². The highest BCUT2D eigenvalue weighted by Crippen LogP contribution is 2.44. The molecular weight excluding hydrogens is 547 g/mol.